The maximum Gasteiger partial charge on any atom is 0.247 e. The van der Waals surface area contributed by atoms with Gasteiger partial charge in [-0.05, 0) is 35.9 Å². The van der Waals surface area contributed by atoms with Crippen molar-refractivity contribution in [3.8, 4) is 0 Å². The first-order chi connectivity index (χ1) is 9.99. The fourth-order valence-electron chi connectivity index (χ4n) is 2.45. The van der Waals surface area contributed by atoms with E-state index in [2.05, 4.69) is 0 Å². The summed E-state index contributed by atoms with van der Waals surface area (Å²) in [5, 5.41) is 1.48. The van der Waals surface area contributed by atoms with Crippen molar-refractivity contribution in [3.63, 3.8) is 0 Å². The number of nitrogens with zero attached hydrogens (tertiary/aromatic N) is 1. The SMILES string of the molecule is N[C@@H]1C(=O)N(c2ccc(Cl)c(Cl)c2)[C@H]1c1ccc(Cl)cc1. The van der Waals surface area contributed by atoms with Crippen LogP contribution in [0.25, 0.3) is 0 Å². The molecule has 1 heterocycles. The molecule has 0 radical (unpaired) electrons. The lowest BCUT2D eigenvalue weighted by molar-refractivity contribution is -0.126. The number of halogens is 3. The molecule has 1 aliphatic rings. The van der Waals surface area contributed by atoms with Gasteiger partial charge in [0.15, 0.2) is 0 Å². The average molecular weight is 342 g/mol. The van der Waals surface area contributed by atoms with Gasteiger partial charge in [0.1, 0.15) is 6.04 Å². The first-order valence-electron chi connectivity index (χ1n) is 6.28. The van der Waals surface area contributed by atoms with Crippen molar-refractivity contribution in [3.05, 3.63) is 63.1 Å². The van der Waals surface area contributed by atoms with Gasteiger partial charge in [-0.25, -0.2) is 0 Å². The zero-order valence-electron chi connectivity index (χ0n) is 10.8. The molecule has 1 amide bonds. The number of anilines is 1. The predicted molar refractivity (Wildman–Crippen MR) is 86.1 cm³/mol. The third kappa shape index (κ3) is 2.51. The zero-order valence-corrected chi connectivity index (χ0v) is 13.0. The Hall–Kier alpha value is -1.26. The van der Waals surface area contributed by atoms with E-state index < -0.39 is 6.04 Å². The van der Waals surface area contributed by atoms with Crippen LogP contribution in [0.1, 0.15) is 11.6 Å². The molecule has 3 nitrogen and oxygen atoms in total. The highest BCUT2D eigenvalue weighted by Crippen LogP contribution is 2.40. The number of amides is 1. The number of hydrogen-bond acceptors (Lipinski definition) is 2. The number of carbonyl (C=O) groups excluding carboxylic acids is 1. The van der Waals surface area contributed by atoms with Crippen LogP contribution in [0, 0.1) is 0 Å². The summed E-state index contributed by atoms with van der Waals surface area (Å²) in [4.78, 5) is 13.7. The predicted octanol–water partition coefficient (Wildman–Crippen LogP) is 4.06. The van der Waals surface area contributed by atoms with E-state index in [4.69, 9.17) is 40.5 Å². The number of hydrogen-bond donors (Lipinski definition) is 1. The van der Waals surface area contributed by atoms with Crippen LogP contribution in [-0.4, -0.2) is 11.9 Å². The number of benzene rings is 2. The molecule has 1 saturated heterocycles. The van der Waals surface area contributed by atoms with Gasteiger partial charge in [0.05, 0.1) is 16.1 Å². The lowest BCUT2D eigenvalue weighted by Gasteiger charge is -2.45. The van der Waals surface area contributed by atoms with Crippen LogP contribution in [0.4, 0.5) is 5.69 Å². The Bertz CT molecular complexity index is 703. The molecule has 0 aliphatic carbocycles. The molecule has 0 saturated carbocycles. The van der Waals surface area contributed by atoms with Crippen LogP contribution in [0.15, 0.2) is 42.5 Å². The average Bonchev–Trinajstić information content (AvgIpc) is 2.48. The molecule has 0 aromatic heterocycles. The summed E-state index contributed by atoms with van der Waals surface area (Å²) in [5.41, 5.74) is 7.55. The van der Waals surface area contributed by atoms with Gasteiger partial charge in [-0.1, -0.05) is 46.9 Å². The van der Waals surface area contributed by atoms with Crippen molar-refractivity contribution in [2.75, 3.05) is 4.90 Å². The molecular formula is C15H11Cl3N2O. The lowest BCUT2D eigenvalue weighted by Crippen LogP contribution is -2.63. The van der Waals surface area contributed by atoms with E-state index in [0.29, 0.717) is 20.8 Å². The molecule has 1 fully saturated rings. The van der Waals surface area contributed by atoms with E-state index in [-0.39, 0.29) is 11.9 Å². The van der Waals surface area contributed by atoms with Crippen LogP contribution >= 0.6 is 34.8 Å². The van der Waals surface area contributed by atoms with Crippen LogP contribution in [0.5, 0.6) is 0 Å². The van der Waals surface area contributed by atoms with Gasteiger partial charge in [0.2, 0.25) is 5.91 Å². The maximum absolute atomic E-state index is 12.1. The second kappa shape index (κ2) is 5.50. The fourth-order valence-corrected chi connectivity index (χ4v) is 2.87. The summed E-state index contributed by atoms with van der Waals surface area (Å²) < 4.78 is 0. The molecule has 0 bridgehead atoms. The summed E-state index contributed by atoms with van der Waals surface area (Å²) in [7, 11) is 0. The van der Waals surface area contributed by atoms with Gasteiger partial charge >= 0.3 is 0 Å². The van der Waals surface area contributed by atoms with Crippen molar-refractivity contribution in [2.24, 2.45) is 5.73 Å². The van der Waals surface area contributed by atoms with Crippen LogP contribution < -0.4 is 10.6 Å². The minimum atomic E-state index is -0.569. The van der Waals surface area contributed by atoms with Gasteiger partial charge in [-0.2, -0.15) is 0 Å². The largest absolute Gasteiger partial charge is 0.318 e. The molecule has 1 aliphatic heterocycles. The highest BCUT2D eigenvalue weighted by Gasteiger charge is 2.46. The Labute approximate surface area is 137 Å². The molecule has 6 heteroatoms. The highest BCUT2D eigenvalue weighted by molar-refractivity contribution is 6.42. The second-order valence-electron chi connectivity index (χ2n) is 4.83. The smallest absolute Gasteiger partial charge is 0.247 e. The zero-order chi connectivity index (χ0) is 15.1. The van der Waals surface area contributed by atoms with E-state index in [9.17, 15) is 4.79 Å². The van der Waals surface area contributed by atoms with Crippen molar-refractivity contribution < 1.29 is 4.79 Å². The van der Waals surface area contributed by atoms with E-state index in [1.54, 1.807) is 35.2 Å². The summed E-state index contributed by atoms with van der Waals surface area (Å²) in [6, 6.07) is 11.6. The van der Waals surface area contributed by atoms with Gasteiger partial charge in [0.25, 0.3) is 0 Å². The molecule has 21 heavy (non-hydrogen) atoms. The third-order valence-electron chi connectivity index (χ3n) is 3.53. The van der Waals surface area contributed by atoms with Gasteiger partial charge in [0, 0.05) is 10.7 Å². The topological polar surface area (TPSA) is 46.3 Å². The summed E-state index contributed by atoms with van der Waals surface area (Å²) >= 11 is 17.8. The molecule has 0 spiro atoms. The highest BCUT2D eigenvalue weighted by atomic mass is 35.5. The minimum Gasteiger partial charge on any atom is -0.318 e. The maximum atomic E-state index is 12.1. The summed E-state index contributed by atoms with van der Waals surface area (Å²) in [5.74, 6) is -0.145. The molecule has 108 valence electrons. The molecule has 3 rings (SSSR count). The van der Waals surface area contributed by atoms with E-state index in [0.717, 1.165) is 5.56 Å². The van der Waals surface area contributed by atoms with E-state index in [1.165, 1.54) is 0 Å². The van der Waals surface area contributed by atoms with Crippen LogP contribution in [0.2, 0.25) is 15.1 Å². The first kappa shape index (κ1) is 14.7. The van der Waals surface area contributed by atoms with Crippen molar-refractivity contribution >= 4 is 46.4 Å². The molecule has 0 unspecified atom stereocenters. The van der Waals surface area contributed by atoms with Crippen LogP contribution in [0.3, 0.4) is 0 Å². The quantitative estimate of drug-likeness (QED) is 0.837. The van der Waals surface area contributed by atoms with Crippen molar-refractivity contribution in [1.29, 1.82) is 0 Å². The number of carbonyl (C=O) groups is 1. The standard InChI is InChI=1S/C15H11Cl3N2O/c16-9-3-1-8(2-4-9)14-13(19)15(21)20(14)10-5-6-11(17)12(18)7-10/h1-7,13-14H,19H2/t13-,14-/m0/s1. The van der Waals surface area contributed by atoms with Crippen LogP contribution in [-0.2, 0) is 4.79 Å². The third-order valence-corrected chi connectivity index (χ3v) is 4.52. The molecule has 2 aromatic rings. The molecule has 2 N–H and O–H groups in total. The van der Waals surface area contributed by atoms with Crippen molar-refractivity contribution in [2.45, 2.75) is 12.1 Å². The van der Waals surface area contributed by atoms with Gasteiger partial charge in [-0.15, -0.1) is 0 Å². The Morgan fingerprint density at radius 3 is 2.24 bits per heavy atom. The molecule has 2 aromatic carbocycles. The van der Waals surface area contributed by atoms with Crippen molar-refractivity contribution in [1.82, 2.24) is 0 Å². The molecule has 2 atom stereocenters. The van der Waals surface area contributed by atoms with Gasteiger partial charge in [-0.3, -0.25) is 4.79 Å². The number of β-lactam (4-membered cyclic amide) rings is 1. The number of nitrogens with two attached hydrogens (primary N) is 1. The fraction of sp³-hybridized carbons (Fsp3) is 0.133. The Kier molecular flexibility index (Phi) is 3.84. The number of rotatable bonds is 2. The minimum absolute atomic E-state index is 0.145. The summed E-state index contributed by atoms with van der Waals surface area (Å²) in [6.07, 6.45) is 0. The van der Waals surface area contributed by atoms with Gasteiger partial charge < -0.3 is 10.6 Å². The van der Waals surface area contributed by atoms with E-state index in [1.807, 2.05) is 12.1 Å². The Morgan fingerprint density at radius 1 is 0.952 bits per heavy atom. The molecular weight excluding hydrogens is 331 g/mol. The summed E-state index contributed by atoms with van der Waals surface area (Å²) in [6.45, 7) is 0. The normalized spacial score (nSPS) is 21.3. The monoisotopic (exact) mass is 340 g/mol. The lowest BCUT2D eigenvalue weighted by atomic mass is 9.88. The Morgan fingerprint density at radius 2 is 1.62 bits per heavy atom. The first-order valence-corrected chi connectivity index (χ1v) is 7.41. The second-order valence-corrected chi connectivity index (χ2v) is 6.08. The Balaban J connectivity index is 1.98. The van der Waals surface area contributed by atoms with E-state index >= 15 is 0 Å².